The number of hydrogen-bond acceptors (Lipinski definition) is 8. The van der Waals surface area contributed by atoms with E-state index >= 15 is 0 Å². The minimum Gasteiger partial charge on any atom is -1.00 e. The minimum atomic E-state index is -1.56. The molecule has 0 aliphatic rings. The Morgan fingerprint density at radius 3 is 0.949 bits per heavy atom. The van der Waals surface area contributed by atoms with E-state index in [9.17, 15) is 19.8 Å². The number of nitrogens with one attached hydrogen (secondary N) is 2. The molecule has 4 heterocycles. The Balaban J connectivity index is 0. The van der Waals surface area contributed by atoms with Gasteiger partial charge in [0.2, 0.25) is 0 Å². The van der Waals surface area contributed by atoms with Crippen LogP contribution in [0.4, 0.5) is 0 Å². The quantitative estimate of drug-likeness (QED) is 0.236. The van der Waals surface area contributed by atoms with Crippen molar-refractivity contribution in [1.29, 1.82) is 0 Å². The van der Waals surface area contributed by atoms with Gasteiger partial charge < -0.3 is 43.7 Å². The van der Waals surface area contributed by atoms with Crippen molar-refractivity contribution in [2.75, 3.05) is 0 Å². The molecule has 2 unspecified atom stereocenters. The van der Waals surface area contributed by atoms with Crippen molar-refractivity contribution in [3.63, 3.8) is 0 Å². The van der Waals surface area contributed by atoms with E-state index < -0.39 is 24.0 Å². The van der Waals surface area contributed by atoms with Crippen LogP contribution in [0.2, 0.25) is 0 Å². The molecule has 2 atom stereocenters. The summed E-state index contributed by atoms with van der Waals surface area (Å²) in [7, 11) is 0. The molecular weight excluding hydrogens is 886 g/mol. The SMILES string of the molecule is [Cl-].[NH-]C(CCC([NH-])C(=O)[O-])C(=O)[O-].[Pt+2].[Pt+2].c1ccc(-c2ccccn2)nc1.c1ccc(-c2ccccn2)nc1. The Morgan fingerprint density at radius 2 is 0.795 bits per heavy atom. The van der Waals surface area contributed by atoms with Crippen molar-refractivity contribution < 1.29 is 74.3 Å². The number of halogens is 1. The van der Waals surface area contributed by atoms with Gasteiger partial charge in [0.25, 0.3) is 0 Å². The monoisotopic (exact) mass is 909 g/mol. The molecule has 13 heteroatoms. The Bertz CT molecular complexity index is 1010. The molecule has 0 saturated heterocycles. The summed E-state index contributed by atoms with van der Waals surface area (Å²) in [6, 6.07) is 20.3. The van der Waals surface area contributed by atoms with Crippen LogP contribution in [0.3, 0.4) is 0 Å². The van der Waals surface area contributed by atoms with Gasteiger partial charge in [0.05, 0.1) is 22.8 Å². The third-order valence-corrected chi connectivity index (χ3v) is 4.50. The van der Waals surface area contributed by atoms with Crippen LogP contribution in [0.15, 0.2) is 97.6 Å². The van der Waals surface area contributed by atoms with E-state index in [0.717, 1.165) is 22.8 Å². The van der Waals surface area contributed by atoms with E-state index in [2.05, 4.69) is 19.9 Å². The molecule has 0 aliphatic heterocycles. The zero-order chi connectivity index (χ0) is 26.2. The fourth-order valence-electron chi connectivity index (χ4n) is 2.63. The zero-order valence-corrected chi connectivity index (χ0v) is 25.5. The second kappa shape index (κ2) is 22.0. The van der Waals surface area contributed by atoms with Crippen molar-refractivity contribution in [2.24, 2.45) is 0 Å². The summed E-state index contributed by atoms with van der Waals surface area (Å²) < 4.78 is 0. The number of hydrogen-bond donors (Lipinski definition) is 0. The van der Waals surface area contributed by atoms with Gasteiger partial charge in [0.15, 0.2) is 0 Å². The van der Waals surface area contributed by atoms with Crippen molar-refractivity contribution in [1.82, 2.24) is 19.9 Å². The number of carboxylic acid groups (broad SMARTS) is 2. The predicted molar refractivity (Wildman–Crippen MR) is 130 cm³/mol. The average Bonchev–Trinajstić information content (AvgIpc) is 2.94. The maximum Gasteiger partial charge on any atom is 2.00 e. The van der Waals surface area contributed by atoms with Crippen LogP contribution >= 0.6 is 0 Å². The second-order valence-electron chi connectivity index (χ2n) is 7.18. The molecule has 210 valence electrons. The molecule has 10 nitrogen and oxygen atoms in total. The molecule has 4 aromatic heterocycles. The Kier molecular flexibility index (Phi) is 21.6. The van der Waals surface area contributed by atoms with Gasteiger partial charge in [-0.15, -0.1) is 0 Å². The molecule has 39 heavy (non-hydrogen) atoms. The fraction of sp³-hybridized carbons (Fsp3) is 0.154. The van der Waals surface area contributed by atoms with E-state index in [1.54, 1.807) is 24.8 Å². The molecule has 4 aromatic rings. The van der Waals surface area contributed by atoms with Crippen LogP contribution < -0.4 is 22.6 Å². The van der Waals surface area contributed by atoms with Crippen LogP contribution in [-0.4, -0.2) is 44.0 Å². The van der Waals surface area contributed by atoms with Crippen molar-refractivity contribution in [2.45, 2.75) is 24.9 Å². The number of rotatable bonds is 7. The maximum absolute atomic E-state index is 9.96. The summed E-state index contributed by atoms with van der Waals surface area (Å²) >= 11 is 0. The molecule has 0 aliphatic carbocycles. The number of pyridine rings is 4. The van der Waals surface area contributed by atoms with Gasteiger partial charge in [0, 0.05) is 36.7 Å². The first-order valence-electron chi connectivity index (χ1n) is 10.9. The van der Waals surface area contributed by atoms with Crippen LogP contribution in [0, 0.1) is 0 Å². The molecule has 0 radical (unpaired) electrons. The van der Waals surface area contributed by atoms with Gasteiger partial charge in [0.1, 0.15) is 0 Å². The molecule has 2 N–H and O–H groups in total. The maximum atomic E-state index is 9.96. The standard InChI is InChI=1S/2C10H8N2.C6H10N2O4.ClH.2Pt/c2*1-3-7-11-9(5-1)10-6-2-4-8-12-10;7-3(5(9)10)1-2-4(8)6(11)12;;;/h2*1-8H;3-4,7-8H,1-2H2,(H,9,10)(H,11,12);1H;;/q;;-2;;2*+2/p-3. The van der Waals surface area contributed by atoms with Crippen molar-refractivity contribution in [3.05, 3.63) is 109 Å². The van der Waals surface area contributed by atoms with E-state index in [1.807, 2.05) is 72.8 Å². The Hall–Kier alpha value is -2.87. The van der Waals surface area contributed by atoms with Crippen LogP contribution in [0.5, 0.6) is 0 Å². The molecule has 4 rings (SSSR count). The fourth-order valence-corrected chi connectivity index (χ4v) is 2.63. The second-order valence-corrected chi connectivity index (χ2v) is 7.18. The molecular formula is C26H24ClN6O4Pt2-. The third kappa shape index (κ3) is 15.3. The van der Waals surface area contributed by atoms with Crippen LogP contribution in [-0.2, 0) is 51.7 Å². The van der Waals surface area contributed by atoms with E-state index in [0.29, 0.717) is 0 Å². The van der Waals surface area contributed by atoms with E-state index in [-0.39, 0.29) is 67.4 Å². The van der Waals surface area contributed by atoms with Crippen molar-refractivity contribution >= 4 is 11.9 Å². The van der Waals surface area contributed by atoms with Gasteiger partial charge in [-0.3, -0.25) is 19.9 Å². The van der Waals surface area contributed by atoms with E-state index in [1.165, 1.54) is 0 Å². The first-order chi connectivity index (χ1) is 17.4. The van der Waals surface area contributed by atoms with Gasteiger partial charge in [-0.05, 0) is 48.5 Å². The summed E-state index contributed by atoms with van der Waals surface area (Å²) in [4.78, 5) is 36.7. The summed E-state index contributed by atoms with van der Waals surface area (Å²) in [6.45, 7) is 0. The number of carbonyl (C=O) groups is 2. The Labute approximate surface area is 261 Å². The van der Waals surface area contributed by atoms with Gasteiger partial charge in [-0.1, -0.05) is 49.2 Å². The molecule has 0 amide bonds. The molecule has 0 aromatic carbocycles. The smallest absolute Gasteiger partial charge is 1.00 e. The van der Waals surface area contributed by atoms with Crippen LogP contribution in [0.1, 0.15) is 12.8 Å². The summed E-state index contributed by atoms with van der Waals surface area (Å²) in [5, 5.41) is 19.9. The van der Waals surface area contributed by atoms with Crippen LogP contribution in [0.25, 0.3) is 34.2 Å². The number of aliphatic carboxylic acids is 2. The zero-order valence-electron chi connectivity index (χ0n) is 20.2. The minimum absolute atomic E-state index is 0. The summed E-state index contributed by atoms with van der Waals surface area (Å²) in [5.74, 6) is -3.11. The predicted octanol–water partition coefficient (Wildman–Crippen LogP) is -0.606. The number of carbonyl (C=O) groups excluding carboxylic acids is 2. The van der Waals surface area contributed by atoms with Crippen molar-refractivity contribution in [3.8, 4) is 22.8 Å². The Morgan fingerprint density at radius 1 is 0.564 bits per heavy atom. The molecule has 0 bridgehead atoms. The molecule has 0 spiro atoms. The first-order valence-corrected chi connectivity index (χ1v) is 10.9. The largest absolute Gasteiger partial charge is 2.00 e. The summed E-state index contributed by atoms with van der Waals surface area (Å²) in [5.41, 5.74) is 17.3. The average molecular weight is 910 g/mol. The van der Waals surface area contributed by atoms with Gasteiger partial charge in [-0.25, -0.2) is 0 Å². The number of aromatic nitrogens is 4. The molecule has 0 fully saturated rings. The summed E-state index contributed by atoms with van der Waals surface area (Å²) in [6.07, 6.45) is 6.66. The number of carboxylic acids is 2. The third-order valence-electron chi connectivity index (χ3n) is 4.50. The molecule has 0 saturated carbocycles. The van der Waals surface area contributed by atoms with Gasteiger partial charge >= 0.3 is 42.1 Å². The normalized spacial score (nSPS) is 10.6. The number of nitrogens with zero attached hydrogens (tertiary/aromatic N) is 4. The van der Waals surface area contributed by atoms with Gasteiger partial charge in [-0.2, -0.15) is 0 Å². The topological polar surface area (TPSA) is 179 Å². The first kappa shape index (κ1) is 38.3. The van der Waals surface area contributed by atoms with E-state index in [4.69, 9.17) is 11.5 Å².